The molecule has 1 saturated heterocycles. The predicted octanol–water partition coefficient (Wildman–Crippen LogP) is 2.27. The molecule has 0 radical (unpaired) electrons. The molecule has 1 aromatic carbocycles. The van der Waals surface area contributed by atoms with E-state index in [0.29, 0.717) is 25.8 Å². The van der Waals surface area contributed by atoms with Crippen LogP contribution in [0.1, 0.15) is 32.3 Å². The van der Waals surface area contributed by atoms with Crippen molar-refractivity contribution in [2.24, 2.45) is 4.99 Å². The second-order valence-electron chi connectivity index (χ2n) is 7.14. The number of rotatable bonds is 12. The van der Waals surface area contributed by atoms with Gasteiger partial charge in [0.1, 0.15) is 12.4 Å². The standard InChI is InChI=1S/C22H38N4O3/c1-4-23-22(24-11-15-27-5-2)25-18-19-7-6-8-21(17-19)29-16-12-26(3)20-9-13-28-14-10-20/h6-8,17,20H,4-5,9-16,18H2,1-3H3,(H2,23,24,25). The van der Waals surface area contributed by atoms with Crippen molar-refractivity contribution in [2.75, 3.05) is 59.7 Å². The number of hydrogen-bond donors (Lipinski definition) is 2. The lowest BCUT2D eigenvalue weighted by molar-refractivity contribution is 0.0392. The first-order valence-electron chi connectivity index (χ1n) is 10.8. The molecule has 1 aromatic rings. The highest BCUT2D eigenvalue weighted by molar-refractivity contribution is 5.79. The Morgan fingerprint density at radius 1 is 1.21 bits per heavy atom. The first kappa shape index (κ1) is 23.4. The van der Waals surface area contributed by atoms with E-state index in [-0.39, 0.29) is 0 Å². The van der Waals surface area contributed by atoms with E-state index in [4.69, 9.17) is 14.2 Å². The van der Waals surface area contributed by atoms with Crippen LogP contribution in [0.15, 0.2) is 29.3 Å². The van der Waals surface area contributed by atoms with Crippen molar-refractivity contribution in [1.82, 2.24) is 15.5 Å². The molecule has 0 aromatic heterocycles. The summed E-state index contributed by atoms with van der Waals surface area (Å²) in [4.78, 5) is 7.04. The Balaban J connectivity index is 1.77. The SMILES string of the molecule is CCNC(=NCc1cccc(OCCN(C)C2CCOCC2)c1)NCCOCC. The van der Waals surface area contributed by atoms with E-state index < -0.39 is 0 Å². The minimum atomic E-state index is 0.600. The van der Waals surface area contributed by atoms with E-state index in [1.54, 1.807) is 0 Å². The Labute approximate surface area is 175 Å². The van der Waals surface area contributed by atoms with Crippen LogP contribution >= 0.6 is 0 Å². The Morgan fingerprint density at radius 3 is 2.79 bits per heavy atom. The summed E-state index contributed by atoms with van der Waals surface area (Å²) in [5.41, 5.74) is 1.13. The van der Waals surface area contributed by atoms with Crippen molar-refractivity contribution in [3.05, 3.63) is 29.8 Å². The van der Waals surface area contributed by atoms with Crippen molar-refractivity contribution in [3.63, 3.8) is 0 Å². The summed E-state index contributed by atoms with van der Waals surface area (Å²) in [5, 5.41) is 6.55. The summed E-state index contributed by atoms with van der Waals surface area (Å²) in [6.07, 6.45) is 2.22. The van der Waals surface area contributed by atoms with Gasteiger partial charge in [0.05, 0.1) is 13.2 Å². The van der Waals surface area contributed by atoms with Crippen molar-refractivity contribution in [3.8, 4) is 5.75 Å². The number of nitrogens with zero attached hydrogens (tertiary/aromatic N) is 2. The van der Waals surface area contributed by atoms with Crippen LogP contribution in [-0.4, -0.2) is 76.6 Å². The van der Waals surface area contributed by atoms with Crippen LogP contribution < -0.4 is 15.4 Å². The van der Waals surface area contributed by atoms with Gasteiger partial charge >= 0.3 is 0 Å². The normalized spacial score (nSPS) is 15.5. The van der Waals surface area contributed by atoms with Gasteiger partial charge in [-0.25, -0.2) is 4.99 Å². The second-order valence-corrected chi connectivity index (χ2v) is 7.14. The fourth-order valence-electron chi connectivity index (χ4n) is 3.25. The van der Waals surface area contributed by atoms with Gasteiger partial charge < -0.3 is 24.8 Å². The Hall–Kier alpha value is -1.83. The summed E-state index contributed by atoms with van der Waals surface area (Å²) in [5.74, 6) is 1.70. The zero-order chi connectivity index (χ0) is 20.7. The second kappa shape index (κ2) is 14.2. The number of guanidine groups is 1. The number of benzene rings is 1. The fraction of sp³-hybridized carbons (Fsp3) is 0.682. The molecule has 0 unspecified atom stereocenters. The van der Waals surface area contributed by atoms with E-state index in [1.165, 1.54) is 0 Å². The molecule has 0 aliphatic carbocycles. The number of likely N-dealkylation sites (N-methyl/N-ethyl adjacent to an activating group) is 1. The first-order chi connectivity index (χ1) is 14.2. The van der Waals surface area contributed by atoms with Crippen LogP contribution in [0.25, 0.3) is 0 Å². The molecule has 1 heterocycles. The molecule has 1 fully saturated rings. The summed E-state index contributed by atoms with van der Waals surface area (Å²) >= 11 is 0. The third kappa shape index (κ3) is 9.47. The molecular formula is C22H38N4O3. The maximum absolute atomic E-state index is 5.99. The minimum Gasteiger partial charge on any atom is -0.492 e. The highest BCUT2D eigenvalue weighted by atomic mass is 16.5. The van der Waals surface area contributed by atoms with Crippen molar-refractivity contribution in [2.45, 2.75) is 39.3 Å². The number of nitrogens with one attached hydrogen (secondary N) is 2. The highest BCUT2D eigenvalue weighted by Crippen LogP contribution is 2.15. The largest absolute Gasteiger partial charge is 0.492 e. The van der Waals surface area contributed by atoms with Gasteiger partial charge in [-0.2, -0.15) is 0 Å². The fourth-order valence-corrected chi connectivity index (χ4v) is 3.25. The van der Waals surface area contributed by atoms with Gasteiger partial charge in [-0.3, -0.25) is 4.90 Å². The maximum Gasteiger partial charge on any atom is 0.191 e. The summed E-state index contributed by atoms with van der Waals surface area (Å²) in [6.45, 7) is 11.0. The topological polar surface area (TPSA) is 67.4 Å². The molecule has 2 N–H and O–H groups in total. The summed E-state index contributed by atoms with van der Waals surface area (Å²) < 4.78 is 16.8. The van der Waals surface area contributed by atoms with Gasteiger partial charge in [0.15, 0.2) is 5.96 Å². The zero-order valence-electron chi connectivity index (χ0n) is 18.3. The predicted molar refractivity (Wildman–Crippen MR) is 118 cm³/mol. The lowest BCUT2D eigenvalue weighted by atomic mass is 10.1. The van der Waals surface area contributed by atoms with Crippen LogP contribution in [0.2, 0.25) is 0 Å². The highest BCUT2D eigenvalue weighted by Gasteiger charge is 2.17. The van der Waals surface area contributed by atoms with Crippen LogP contribution in [0.4, 0.5) is 0 Å². The van der Waals surface area contributed by atoms with Gasteiger partial charge in [0.2, 0.25) is 0 Å². The van der Waals surface area contributed by atoms with Crippen LogP contribution in [0, 0.1) is 0 Å². The van der Waals surface area contributed by atoms with Crippen molar-refractivity contribution in [1.29, 1.82) is 0 Å². The molecule has 1 aliphatic rings. The number of aliphatic imine (C=N–C) groups is 1. The first-order valence-corrected chi connectivity index (χ1v) is 10.8. The van der Waals surface area contributed by atoms with Crippen LogP contribution in [0.3, 0.4) is 0 Å². The molecule has 7 heteroatoms. The molecule has 0 amide bonds. The van der Waals surface area contributed by atoms with E-state index >= 15 is 0 Å². The van der Waals surface area contributed by atoms with Crippen LogP contribution in [0.5, 0.6) is 5.75 Å². The van der Waals surface area contributed by atoms with Gasteiger partial charge in [-0.05, 0) is 51.4 Å². The van der Waals surface area contributed by atoms with E-state index in [9.17, 15) is 0 Å². The quantitative estimate of drug-likeness (QED) is 0.315. The van der Waals surface area contributed by atoms with Crippen LogP contribution in [-0.2, 0) is 16.0 Å². The lowest BCUT2D eigenvalue weighted by Crippen LogP contribution is -2.39. The number of hydrogen-bond acceptors (Lipinski definition) is 5. The molecule has 2 rings (SSSR count). The zero-order valence-corrected chi connectivity index (χ0v) is 18.3. The Bertz CT molecular complexity index is 591. The smallest absolute Gasteiger partial charge is 0.191 e. The third-order valence-corrected chi connectivity index (χ3v) is 4.93. The monoisotopic (exact) mass is 406 g/mol. The molecule has 0 bridgehead atoms. The average molecular weight is 407 g/mol. The van der Waals surface area contributed by atoms with E-state index in [0.717, 1.165) is 69.6 Å². The van der Waals surface area contributed by atoms with E-state index in [2.05, 4.69) is 46.6 Å². The van der Waals surface area contributed by atoms with Gasteiger partial charge in [0.25, 0.3) is 0 Å². The Morgan fingerprint density at radius 2 is 2.03 bits per heavy atom. The molecule has 29 heavy (non-hydrogen) atoms. The molecule has 0 saturated carbocycles. The summed E-state index contributed by atoms with van der Waals surface area (Å²) in [6, 6.07) is 8.79. The minimum absolute atomic E-state index is 0.600. The molecule has 0 spiro atoms. The van der Waals surface area contributed by atoms with Gasteiger partial charge in [0, 0.05) is 45.5 Å². The number of ether oxygens (including phenoxy) is 3. The lowest BCUT2D eigenvalue weighted by Gasteiger charge is -2.31. The molecule has 0 atom stereocenters. The van der Waals surface area contributed by atoms with Gasteiger partial charge in [-0.15, -0.1) is 0 Å². The average Bonchev–Trinajstić information content (AvgIpc) is 2.76. The molecular weight excluding hydrogens is 368 g/mol. The van der Waals surface area contributed by atoms with E-state index in [1.807, 2.05) is 19.1 Å². The Kier molecular flexibility index (Phi) is 11.5. The molecule has 1 aliphatic heterocycles. The van der Waals surface area contributed by atoms with Gasteiger partial charge in [-0.1, -0.05) is 12.1 Å². The van der Waals surface area contributed by atoms with Crippen molar-refractivity contribution >= 4 is 5.96 Å². The van der Waals surface area contributed by atoms with Crippen molar-refractivity contribution < 1.29 is 14.2 Å². The third-order valence-electron chi connectivity index (χ3n) is 4.93. The molecule has 164 valence electrons. The summed E-state index contributed by atoms with van der Waals surface area (Å²) in [7, 11) is 2.17. The maximum atomic E-state index is 5.99. The molecule has 7 nitrogen and oxygen atoms in total.